The van der Waals surface area contributed by atoms with E-state index in [1.807, 2.05) is 30.3 Å². The first kappa shape index (κ1) is 12.3. The highest BCUT2D eigenvalue weighted by atomic mass is 32.1. The predicted molar refractivity (Wildman–Crippen MR) is 79.3 cm³/mol. The van der Waals surface area contributed by atoms with E-state index in [1.165, 1.54) is 5.56 Å². The van der Waals surface area contributed by atoms with Crippen LogP contribution in [0.25, 0.3) is 10.8 Å². The van der Waals surface area contributed by atoms with Crippen LogP contribution in [0.1, 0.15) is 23.8 Å². The molecule has 0 radical (unpaired) electrons. The highest BCUT2D eigenvalue weighted by Crippen LogP contribution is 2.25. The maximum atomic E-state index is 10.4. The minimum absolute atomic E-state index is 0.508. The molecule has 96 valence electrons. The van der Waals surface area contributed by atoms with Crippen molar-refractivity contribution < 1.29 is 5.11 Å². The standard InChI is InChI=1S/C16H15NOS/c18-15(6-5-12-8-10-19-11-12)16-14-4-2-1-3-13(14)7-9-17-16/h1-4,7-11,15,18H,5-6H2. The van der Waals surface area contributed by atoms with Crippen molar-refractivity contribution >= 4 is 22.1 Å². The smallest absolute Gasteiger partial charge is 0.0969 e. The molecule has 1 unspecified atom stereocenters. The monoisotopic (exact) mass is 269 g/mol. The molecule has 0 fully saturated rings. The topological polar surface area (TPSA) is 33.1 Å². The summed E-state index contributed by atoms with van der Waals surface area (Å²) in [7, 11) is 0. The lowest BCUT2D eigenvalue weighted by Crippen LogP contribution is -2.02. The van der Waals surface area contributed by atoms with Gasteiger partial charge in [0.2, 0.25) is 0 Å². The van der Waals surface area contributed by atoms with Crippen LogP contribution in [0.5, 0.6) is 0 Å². The fourth-order valence-electron chi connectivity index (χ4n) is 2.28. The summed E-state index contributed by atoms with van der Waals surface area (Å²) in [4.78, 5) is 4.36. The molecule has 0 amide bonds. The summed E-state index contributed by atoms with van der Waals surface area (Å²) in [6.07, 6.45) is 2.85. The van der Waals surface area contributed by atoms with E-state index >= 15 is 0 Å². The van der Waals surface area contributed by atoms with Crippen LogP contribution in [0.15, 0.2) is 53.4 Å². The van der Waals surface area contributed by atoms with Gasteiger partial charge < -0.3 is 5.11 Å². The molecule has 0 aliphatic rings. The Hall–Kier alpha value is -1.71. The fourth-order valence-corrected chi connectivity index (χ4v) is 2.99. The first-order valence-corrected chi connectivity index (χ1v) is 7.31. The molecule has 3 aromatic rings. The molecule has 2 nitrogen and oxygen atoms in total. The number of aryl methyl sites for hydroxylation is 1. The van der Waals surface area contributed by atoms with Crippen LogP contribution in [0, 0.1) is 0 Å². The minimum Gasteiger partial charge on any atom is -0.387 e. The lowest BCUT2D eigenvalue weighted by Gasteiger charge is -2.12. The van der Waals surface area contributed by atoms with Gasteiger partial charge in [0.25, 0.3) is 0 Å². The van der Waals surface area contributed by atoms with Crippen molar-refractivity contribution in [3.63, 3.8) is 0 Å². The number of pyridine rings is 1. The van der Waals surface area contributed by atoms with Crippen LogP contribution in [-0.2, 0) is 6.42 Å². The molecule has 0 saturated carbocycles. The molecule has 1 aromatic carbocycles. The normalized spacial score (nSPS) is 12.7. The number of aromatic nitrogens is 1. The third kappa shape index (κ3) is 2.67. The molecule has 2 aromatic heterocycles. The van der Waals surface area contributed by atoms with Gasteiger partial charge in [0.15, 0.2) is 0 Å². The summed E-state index contributed by atoms with van der Waals surface area (Å²) in [6.45, 7) is 0. The number of benzene rings is 1. The lowest BCUT2D eigenvalue weighted by molar-refractivity contribution is 0.165. The van der Waals surface area contributed by atoms with Crippen LogP contribution in [0.4, 0.5) is 0 Å². The first-order chi connectivity index (χ1) is 9.34. The molecule has 0 spiro atoms. The van der Waals surface area contributed by atoms with Crippen LogP contribution >= 0.6 is 11.3 Å². The van der Waals surface area contributed by atoms with Gasteiger partial charge in [-0.3, -0.25) is 4.98 Å². The van der Waals surface area contributed by atoms with Gasteiger partial charge in [0.1, 0.15) is 0 Å². The van der Waals surface area contributed by atoms with Crippen molar-refractivity contribution in [2.24, 2.45) is 0 Å². The molecular formula is C16H15NOS. The number of aliphatic hydroxyl groups is 1. The number of aliphatic hydroxyl groups excluding tert-OH is 1. The van der Waals surface area contributed by atoms with E-state index in [4.69, 9.17) is 0 Å². The lowest BCUT2D eigenvalue weighted by atomic mass is 10.0. The van der Waals surface area contributed by atoms with Crippen molar-refractivity contribution in [1.29, 1.82) is 0 Å². The Labute approximate surface area is 116 Å². The van der Waals surface area contributed by atoms with E-state index in [1.54, 1.807) is 17.5 Å². The van der Waals surface area contributed by atoms with Crippen LogP contribution in [0.3, 0.4) is 0 Å². The summed E-state index contributed by atoms with van der Waals surface area (Å²) in [6, 6.07) is 12.1. The number of thiophene rings is 1. The summed E-state index contributed by atoms with van der Waals surface area (Å²) >= 11 is 1.69. The van der Waals surface area contributed by atoms with Crippen LogP contribution in [-0.4, -0.2) is 10.1 Å². The van der Waals surface area contributed by atoms with Crippen LogP contribution in [0.2, 0.25) is 0 Å². The fraction of sp³-hybridized carbons (Fsp3) is 0.188. The second-order valence-electron chi connectivity index (χ2n) is 4.60. The van der Waals surface area contributed by atoms with Gasteiger partial charge in [0.05, 0.1) is 11.8 Å². The zero-order valence-corrected chi connectivity index (χ0v) is 11.3. The summed E-state index contributed by atoms with van der Waals surface area (Å²) < 4.78 is 0. The van der Waals surface area contributed by atoms with E-state index in [9.17, 15) is 5.11 Å². The Morgan fingerprint density at radius 1 is 1.16 bits per heavy atom. The van der Waals surface area contributed by atoms with E-state index in [-0.39, 0.29) is 0 Å². The van der Waals surface area contributed by atoms with Crippen molar-refractivity contribution in [3.8, 4) is 0 Å². The van der Waals surface area contributed by atoms with Gasteiger partial charge >= 0.3 is 0 Å². The minimum atomic E-state index is -0.508. The second-order valence-corrected chi connectivity index (χ2v) is 5.38. The zero-order valence-electron chi connectivity index (χ0n) is 10.5. The number of rotatable bonds is 4. The zero-order chi connectivity index (χ0) is 13.1. The number of fused-ring (bicyclic) bond motifs is 1. The molecule has 1 N–H and O–H groups in total. The Kier molecular flexibility index (Phi) is 3.58. The van der Waals surface area contributed by atoms with Gasteiger partial charge in [-0.2, -0.15) is 11.3 Å². The van der Waals surface area contributed by atoms with Crippen LogP contribution < -0.4 is 0 Å². The third-order valence-electron chi connectivity index (χ3n) is 3.31. The second kappa shape index (κ2) is 5.51. The van der Waals surface area contributed by atoms with Gasteiger partial charge in [0, 0.05) is 11.6 Å². The van der Waals surface area contributed by atoms with Gasteiger partial charge in [-0.25, -0.2) is 0 Å². The van der Waals surface area contributed by atoms with Crippen molar-refractivity contribution in [1.82, 2.24) is 4.98 Å². The van der Waals surface area contributed by atoms with E-state index in [0.717, 1.165) is 22.9 Å². The molecule has 0 saturated heterocycles. The number of hydrogen-bond donors (Lipinski definition) is 1. The third-order valence-corrected chi connectivity index (χ3v) is 4.04. The molecule has 19 heavy (non-hydrogen) atoms. The van der Waals surface area contributed by atoms with Gasteiger partial charge in [-0.05, 0) is 46.7 Å². The average Bonchev–Trinajstić information content (AvgIpc) is 2.97. The van der Waals surface area contributed by atoms with Gasteiger partial charge in [-0.15, -0.1) is 0 Å². The number of nitrogens with zero attached hydrogens (tertiary/aromatic N) is 1. The molecule has 0 aliphatic heterocycles. The largest absolute Gasteiger partial charge is 0.387 e. The summed E-state index contributed by atoms with van der Waals surface area (Å²) in [5.41, 5.74) is 2.07. The molecule has 0 aliphatic carbocycles. The summed E-state index contributed by atoms with van der Waals surface area (Å²) in [5, 5.41) is 16.7. The highest BCUT2D eigenvalue weighted by Gasteiger charge is 2.12. The van der Waals surface area contributed by atoms with E-state index in [0.29, 0.717) is 6.42 Å². The SMILES string of the molecule is OC(CCc1ccsc1)c1nccc2ccccc12. The molecule has 3 heteroatoms. The van der Waals surface area contributed by atoms with Gasteiger partial charge in [-0.1, -0.05) is 24.3 Å². The molecule has 3 rings (SSSR count). The Morgan fingerprint density at radius 3 is 2.89 bits per heavy atom. The Bertz CT molecular complexity index is 658. The number of hydrogen-bond acceptors (Lipinski definition) is 3. The average molecular weight is 269 g/mol. The van der Waals surface area contributed by atoms with E-state index in [2.05, 4.69) is 21.8 Å². The van der Waals surface area contributed by atoms with Crippen molar-refractivity contribution in [2.45, 2.75) is 18.9 Å². The van der Waals surface area contributed by atoms with Crippen molar-refractivity contribution in [3.05, 3.63) is 64.6 Å². The Balaban J connectivity index is 1.83. The Morgan fingerprint density at radius 2 is 2.05 bits per heavy atom. The molecule has 2 heterocycles. The predicted octanol–water partition coefficient (Wildman–Crippen LogP) is 3.96. The molecular weight excluding hydrogens is 254 g/mol. The summed E-state index contributed by atoms with van der Waals surface area (Å²) in [5.74, 6) is 0. The van der Waals surface area contributed by atoms with Crippen molar-refractivity contribution in [2.75, 3.05) is 0 Å². The van der Waals surface area contributed by atoms with E-state index < -0.39 is 6.10 Å². The maximum absolute atomic E-state index is 10.4. The quantitative estimate of drug-likeness (QED) is 0.777. The highest BCUT2D eigenvalue weighted by molar-refractivity contribution is 7.07. The first-order valence-electron chi connectivity index (χ1n) is 6.37. The molecule has 0 bridgehead atoms. The maximum Gasteiger partial charge on any atom is 0.0969 e. The molecule has 1 atom stereocenters.